The van der Waals surface area contributed by atoms with E-state index in [-0.39, 0.29) is 22.3 Å². The third kappa shape index (κ3) is 5.74. The van der Waals surface area contributed by atoms with Gasteiger partial charge in [-0.05, 0) is 73.4 Å². The van der Waals surface area contributed by atoms with Crippen molar-refractivity contribution < 1.29 is 31.1 Å². The van der Waals surface area contributed by atoms with E-state index >= 15 is 0 Å². The molecule has 0 radical (unpaired) electrons. The van der Waals surface area contributed by atoms with Gasteiger partial charge in [0.1, 0.15) is 5.75 Å². The highest BCUT2D eigenvalue weighted by Gasteiger charge is 2.32. The Labute approximate surface area is 197 Å². The molecule has 184 valence electrons. The first-order chi connectivity index (χ1) is 16.0. The second kappa shape index (κ2) is 9.60. The number of benzene rings is 2. The molecule has 1 atom stereocenters. The van der Waals surface area contributed by atoms with Crippen LogP contribution in [0.2, 0.25) is 0 Å². The molecule has 2 aromatic rings. The fourth-order valence-corrected chi connectivity index (χ4v) is 5.06. The summed E-state index contributed by atoms with van der Waals surface area (Å²) in [5.74, 6) is 0.662. The van der Waals surface area contributed by atoms with Gasteiger partial charge < -0.3 is 9.64 Å². The molecule has 4 rings (SSSR count). The average Bonchev–Trinajstić information content (AvgIpc) is 3.19. The van der Waals surface area contributed by atoms with Crippen molar-refractivity contribution in [2.45, 2.75) is 43.2 Å². The number of sulfone groups is 1. The molecule has 1 heterocycles. The van der Waals surface area contributed by atoms with Gasteiger partial charge in [-0.25, -0.2) is 8.42 Å². The number of rotatable bonds is 7. The van der Waals surface area contributed by atoms with Gasteiger partial charge in [-0.3, -0.25) is 4.79 Å². The van der Waals surface area contributed by atoms with Crippen LogP contribution in [0.1, 0.15) is 47.2 Å². The van der Waals surface area contributed by atoms with Gasteiger partial charge in [0.25, 0.3) is 5.91 Å². The van der Waals surface area contributed by atoms with Gasteiger partial charge in [0.05, 0.1) is 22.6 Å². The maximum atomic E-state index is 13.4. The number of amides is 1. The second-order valence-corrected chi connectivity index (χ2v) is 11.4. The number of carbonyl (C=O) groups is 1. The van der Waals surface area contributed by atoms with E-state index in [0.717, 1.165) is 43.2 Å². The summed E-state index contributed by atoms with van der Waals surface area (Å²) in [6.07, 6.45) is 1.36. The average molecular weight is 496 g/mol. The molecule has 1 unspecified atom stereocenters. The summed E-state index contributed by atoms with van der Waals surface area (Å²) < 4.78 is 68.4. The molecule has 0 bridgehead atoms. The summed E-state index contributed by atoms with van der Waals surface area (Å²) in [4.78, 5) is 15.1. The molecule has 34 heavy (non-hydrogen) atoms. The Morgan fingerprint density at radius 3 is 2.35 bits per heavy atom. The molecule has 1 amide bonds. The first-order valence-electron chi connectivity index (χ1n) is 11.4. The van der Waals surface area contributed by atoms with Crippen LogP contribution in [-0.2, 0) is 22.4 Å². The molecule has 5 nitrogen and oxygen atoms in total. The minimum absolute atomic E-state index is 0.0624. The second-order valence-electron chi connectivity index (χ2n) is 9.34. The summed E-state index contributed by atoms with van der Waals surface area (Å²) in [6, 6.07) is 9.52. The van der Waals surface area contributed by atoms with E-state index in [1.165, 1.54) is 30.7 Å². The van der Waals surface area contributed by atoms with E-state index in [1.807, 2.05) is 0 Å². The van der Waals surface area contributed by atoms with Crippen molar-refractivity contribution >= 4 is 15.7 Å². The normalized spacial score (nSPS) is 19.2. The number of hydrogen-bond donors (Lipinski definition) is 0. The van der Waals surface area contributed by atoms with Gasteiger partial charge >= 0.3 is 6.18 Å². The van der Waals surface area contributed by atoms with Crippen molar-refractivity contribution in [2.24, 2.45) is 11.8 Å². The number of likely N-dealkylation sites (tertiary alicyclic amines) is 1. The molecule has 2 fully saturated rings. The Morgan fingerprint density at radius 1 is 1.06 bits per heavy atom. The fraction of sp³-hybridized carbons (Fsp3) is 0.480. The predicted molar refractivity (Wildman–Crippen MR) is 122 cm³/mol. The maximum Gasteiger partial charge on any atom is 0.416 e. The van der Waals surface area contributed by atoms with E-state index in [2.05, 4.69) is 0 Å². The Morgan fingerprint density at radius 2 is 1.76 bits per heavy atom. The van der Waals surface area contributed by atoms with Gasteiger partial charge in [0.2, 0.25) is 0 Å². The van der Waals surface area contributed by atoms with Gasteiger partial charge in [0, 0.05) is 19.3 Å². The monoisotopic (exact) mass is 495 g/mol. The number of halogens is 3. The highest BCUT2D eigenvalue weighted by Crippen LogP contribution is 2.32. The van der Waals surface area contributed by atoms with Gasteiger partial charge in [-0.15, -0.1) is 0 Å². The lowest BCUT2D eigenvalue weighted by Crippen LogP contribution is -2.30. The highest BCUT2D eigenvalue weighted by molar-refractivity contribution is 7.90. The zero-order valence-corrected chi connectivity index (χ0v) is 19.8. The lowest BCUT2D eigenvalue weighted by Gasteiger charge is -2.26. The first-order valence-corrected chi connectivity index (χ1v) is 13.3. The SMILES string of the molecule is CS(=O)(=O)c1ccc(OCC2CCC2)c(C(=O)N2CCC(Cc3ccc(C(F)(F)F)cc3)C2)c1. The quantitative estimate of drug-likeness (QED) is 0.543. The number of carbonyl (C=O) groups excluding carboxylic acids is 1. The smallest absolute Gasteiger partial charge is 0.416 e. The van der Waals surface area contributed by atoms with Gasteiger partial charge in [0.15, 0.2) is 9.84 Å². The number of nitrogens with zero attached hydrogens (tertiary/aromatic N) is 1. The van der Waals surface area contributed by atoms with E-state index < -0.39 is 21.6 Å². The lowest BCUT2D eigenvalue weighted by molar-refractivity contribution is -0.137. The van der Waals surface area contributed by atoms with Crippen LogP contribution >= 0.6 is 0 Å². The van der Waals surface area contributed by atoms with Crippen LogP contribution in [0, 0.1) is 11.8 Å². The lowest BCUT2D eigenvalue weighted by atomic mass is 9.86. The molecule has 2 aliphatic rings. The Hall–Kier alpha value is -2.55. The van der Waals surface area contributed by atoms with E-state index in [1.54, 1.807) is 11.0 Å². The topological polar surface area (TPSA) is 63.7 Å². The van der Waals surface area contributed by atoms with Crippen molar-refractivity contribution in [1.29, 1.82) is 0 Å². The van der Waals surface area contributed by atoms with Crippen LogP contribution in [0.4, 0.5) is 13.2 Å². The van der Waals surface area contributed by atoms with Crippen LogP contribution in [0.15, 0.2) is 47.4 Å². The first kappa shape index (κ1) is 24.6. The Balaban J connectivity index is 1.46. The highest BCUT2D eigenvalue weighted by atomic mass is 32.2. The molecule has 1 saturated heterocycles. The summed E-state index contributed by atoms with van der Waals surface area (Å²) in [5.41, 5.74) is 0.341. The Kier molecular flexibility index (Phi) is 6.94. The Bertz CT molecular complexity index is 1140. The van der Waals surface area contributed by atoms with Crippen molar-refractivity contribution in [3.63, 3.8) is 0 Å². The molecule has 0 N–H and O–H groups in total. The number of hydrogen-bond acceptors (Lipinski definition) is 4. The zero-order chi connectivity index (χ0) is 24.5. The summed E-state index contributed by atoms with van der Waals surface area (Å²) >= 11 is 0. The van der Waals surface area contributed by atoms with Crippen molar-refractivity contribution in [3.8, 4) is 5.75 Å². The van der Waals surface area contributed by atoms with Crippen LogP contribution in [0.5, 0.6) is 5.75 Å². The maximum absolute atomic E-state index is 13.4. The number of alkyl halides is 3. The molecule has 0 aromatic heterocycles. The molecule has 1 aliphatic heterocycles. The van der Waals surface area contributed by atoms with Crippen molar-refractivity contribution in [3.05, 3.63) is 59.2 Å². The summed E-state index contributed by atoms with van der Waals surface area (Å²) in [6.45, 7) is 1.44. The van der Waals surface area contributed by atoms with Crippen LogP contribution in [0.3, 0.4) is 0 Å². The minimum Gasteiger partial charge on any atom is -0.492 e. The standard InChI is InChI=1S/C25H28F3NO4S/c1-34(31,32)21-9-10-23(33-16-18-3-2-4-18)22(14-21)24(30)29-12-11-19(15-29)13-17-5-7-20(8-6-17)25(26,27)28/h5-10,14,18-19H,2-4,11-13,15-16H2,1H3. The van der Waals surface area contributed by atoms with Crippen LogP contribution in [0.25, 0.3) is 0 Å². The summed E-state index contributed by atoms with van der Waals surface area (Å²) in [7, 11) is -3.50. The summed E-state index contributed by atoms with van der Waals surface area (Å²) in [5, 5.41) is 0. The zero-order valence-electron chi connectivity index (χ0n) is 19.0. The third-order valence-corrected chi connectivity index (χ3v) is 7.80. The molecule has 1 saturated carbocycles. The number of ether oxygens (including phenoxy) is 1. The van der Waals surface area contributed by atoms with Crippen molar-refractivity contribution in [1.82, 2.24) is 4.90 Å². The molecule has 1 aliphatic carbocycles. The molecule has 2 aromatic carbocycles. The van der Waals surface area contributed by atoms with Gasteiger partial charge in [-0.2, -0.15) is 13.2 Å². The molecular formula is C25H28F3NO4S. The predicted octanol–water partition coefficient (Wildman–Crippen LogP) is 4.99. The van der Waals surface area contributed by atoms with Crippen molar-refractivity contribution in [2.75, 3.05) is 26.0 Å². The van der Waals surface area contributed by atoms with E-state index in [9.17, 15) is 26.4 Å². The fourth-order valence-electron chi connectivity index (χ4n) is 4.42. The molecule has 0 spiro atoms. The molecule has 9 heteroatoms. The third-order valence-electron chi connectivity index (χ3n) is 6.69. The minimum atomic E-state index is -4.37. The van der Waals surface area contributed by atoms with Crippen LogP contribution < -0.4 is 4.74 Å². The van der Waals surface area contributed by atoms with E-state index in [4.69, 9.17) is 4.74 Å². The molecular weight excluding hydrogens is 467 g/mol. The van der Waals surface area contributed by atoms with Gasteiger partial charge in [-0.1, -0.05) is 18.6 Å². The van der Waals surface area contributed by atoms with Crippen LogP contribution in [-0.4, -0.2) is 45.2 Å². The largest absolute Gasteiger partial charge is 0.492 e. The van der Waals surface area contributed by atoms with E-state index in [0.29, 0.717) is 37.8 Å².